The van der Waals surface area contributed by atoms with Crippen molar-refractivity contribution in [1.29, 1.82) is 0 Å². The normalized spacial score (nSPS) is 18.8. The molecule has 0 spiro atoms. The van der Waals surface area contributed by atoms with Gasteiger partial charge in [0.05, 0.1) is 0 Å². The molecule has 0 atom stereocenters. The fraction of sp³-hybridized carbons (Fsp3) is 0.481. The lowest BCUT2D eigenvalue weighted by molar-refractivity contribution is 0.444. The molecule has 2 heterocycles. The summed E-state index contributed by atoms with van der Waals surface area (Å²) in [7, 11) is 0. The first kappa shape index (κ1) is 19.1. The van der Waals surface area contributed by atoms with Gasteiger partial charge in [-0.15, -0.1) is 0 Å². The van der Waals surface area contributed by atoms with Crippen molar-refractivity contribution in [3.63, 3.8) is 0 Å². The van der Waals surface area contributed by atoms with Crippen LogP contribution in [-0.2, 0) is 6.42 Å². The van der Waals surface area contributed by atoms with E-state index in [2.05, 4.69) is 36.4 Å². The van der Waals surface area contributed by atoms with Crippen LogP contribution in [0.25, 0.3) is 22.2 Å². The molecule has 0 aliphatic heterocycles. The van der Waals surface area contributed by atoms with Crippen LogP contribution >= 0.6 is 0 Å². The largest absolute Gasteiger partial charge is 0.440 e. The Morgan fingerprint density at radius 2 is 1.06 bits per heavy atom. The molecule has 0 bridgehead atoms. The van der Waals surface area contributed by atoms with Crippen LogP contribution in [0.2, 0.25) is 0 Å². The molecule has 2 aliphatic rings. The standard InChI is InChI=1S/C27H30N2O2/c1-3-7-18(8-4-1)20-11-13-24-22(15-20)28-26(30-24)17-27-29-23-16-21(12-14-25(23)31-27)19-9-5-2-6-10-19/h11-16,18-19H,1-10,17H2. The van der Waals surface area contributed by atoms with Gasteiger partial charge in [0.15, 0.2) is 11.2 Å². The van der Waals surface area contributed by atoms with Gasteiger partial charge < -0.3 is 8.83 Å². The molecule has 4 nitrogen and oxygen atoms in total. The summed E-state index contributed by atoms with van der Waals surface area (Å²) < 4.78 is 12.0. The lowest BCUT2D eigenvalue weighted by atomic mass is 9.84. The van der Waals surface area contributed by atoms with E-state index in [9.17, 15) is 0 Å². The van der Waals surface area contributed by atoms with Crippen molar-refractivity contribution in [3.8, 4) is 0 Å². The highest BCUT2D eigenvalue weighted by Crippen LogP contribution is 2.35. The van der Waals surface area contributed by atoms with Gasteiger partial charge in [-0.3, -0.25) is 0 Å². The van der Waals surface area contributed by atoms with Crippen molar-refractivity contribution >= 4 is 22.2 Å². The van der Waals surface area contributed by atoms with Crippen LogP contribution in [0.1, 0.15) is 99.0 Å². The van der Waals surface area contributed by atoms with Crippen molar-refractivity contribution in [1.82, 2.24) is 9.97 Å². The van der Waals surface area contributed by atoms with Gasteiger partial charge in [0.25, 0.3) is 0 Å². The summed E-state index contributed by atoms with van der Waals surface area (Å²) in [5, 5.41) is 0. The third-order valence-electron chi connectivity index (χ3n) is 7.37. The van der Waals surface area contributed by atoms with E-state index in [1.165, 1.54) is 75.3 Å². The molecule has 4 heteroatoms. The van der Waals surface area contributed by atoms with E-state index in [4.69, 9.17) is 18.8 Å². The zero-order valence-corrected chi connectivity index (χ0v) is 18.1. The predicted molar refractivity (Wildman–Crippen MR) is 122 cm³/mol. The quantitative estimate of drug-likeness (QED) is 0.344. The molecule has 160 valence electrons. The van der Waals surface area contributed by atoms with Gasteiger partial charge in [0, 0.05) is 0 Å². The predicted octanol–water partition coefficient (Wildman–Crippen LogP) is 7.66. The van der Waals surface area contributed by atoms with Crippen molar-refractivity contribution in [3.05, 3.63) is 59.3 Å². The minimum Gasteiger partial charge on any atom is -0.440 e. The van der Waals surface area contributed by atoms with Crippen LogP contribution in [0.3, 0.4) is 0 Å². The summed E-state index contributed by atoms with van der Waals surface area (Å²) in [6, 6.07) is 13.1. The second-order valence-corrected chi connectivity index (χ2v) is 9.52. The Labute approximate surface area is 183 Å². The summed E-state index contributed by atoms with van der Waals surface area (Å²) in [5.74, 6) is 2.70. The molecule has 0 unspecified atom stereocenters. The maximum Gasteiger partial charge on any atom is 0.204 e. The fourth-order valence-corrected chi connectivity index (χ4v) is 5.64. The summed E-state index contributed by atoms with van der Waals surface area (Å²) in [6.07, 6.45) is 13.8. The van der Waals surface area contributed by atoms with Crippen LogP contribution in [0.15, 0.2) is 45.2 Å². The first-order valence-electron chi connectivity index (χ1n) is 12.1. The Morgan fingerprint density at radius 1 is 0.613 bits per heavy atom. The zero-order chi connectivity index (χ0) is 20.6. The van der Waals surface area contributed by atoms with Crippen LogP contribution in [-0.4, -0.2) is 9.97 Å². The van der Waals surface area contributed by atoms with Crippen LogP contribution < -0.4 is 0 Å². The SMILES string of the molecule is c1cc2oc(Cc3nc4cc(C5CCCCC5)ccc4o3)nc2cc1C1CCCCC1. The Kier molecular flexibility index (Phi) is 5.01. The summed E-state index contributed by atoms with van der Waals surface area (Å²) in [5.41, 5.74) is 6.42. The Morgan fingerprint density at radius 3 is 1.52 bits per heavy atom. The van der Waals surface area contributed by atoms with E-state index in [1.807, 2.05) is 0 Å². The number of hydrogen-bond acceptors (Lipinski definition) is 4. The van der Waals surface area contributed by atoms with E-state index in [0.29, 0.717) is 30.0 Å². The average molecular weight is 415 g/mol. The molecule has 0 radical (unpaired) electrons. The number of fused-ring (bicyclic) bond motifs is 2. The highest BCUT2D eigenvalue weighted by atomic mass is 16.4. The molecule has 0 saturated heterocycles. The summed E-state index contributed by atoms with van der Waals surface area (Å²) in [6.45, 7) is 0. The van der Waals surface area contributed by atoms with Gasteiger partial charge in [0.1, 0.15) is 17.5 Å². The van der Waals surface area contributed by atoms with Crippen molar-refractivity contribution < 1.29 is 8.83 Å². The van der Waals surface area contributed by atoms with Crippen molar-refractivity contribution in [2.45, 2.75) is 82.5 Å². The van der Waals surface area contributed by atoms with Gasteiger partial charge in [0.2, 0.25) is 11.8 Å². The number of hydrogen-bond donors (Lipinski definition) is 0. The third kappa shape index (κ3) is 3.88. The molecule has 6 rings (SSSR count). The summed E-state index contributed by atoms with van der Waals surface area (Å²) >= 11 is 0. The molecule has 2 fully saturated rings. The molecule has 4 aromatic rings. The van der Waals surface area contributed by atoms with E-state index < -0.39 is 0 Å². The van der Waals surface area contributed by atoms with Gasteiger partial charge in [-0.05, 0) is 72.9 Å². The number of aromatic nitrogens is 2. The molecule has 2 saturated carbocycles. The lowest BCUT2D eigenvalue weighted by Crippen LogP contribution is -2.04. The zero-order valence-electron chi connectivity index (χ0n) is 18.1. The Bertz CT molecular complexity index is 1100. The first-order chi connectivity index (χ1) is 15.3. The monoisotopic (exact) mass is 414 g/mol. The van der Waals surface area contributed by atoms with E-state index in [-0.39, 0.29) is 0 Å². The second-order valence-electron chi connectivity index (χ2n) is 9.52. The Balaban J connectivity index is 1.23. The number of oxazole rings is 2. The molecule has 31 heavy (non-hydrogen) atoms. The Hall–Kier alpha value is -2.62. The second kappa shape index (κ2) is 8.14. The molecule has 2 aliphatic carbocycles. The minimum absolute atomic E-state index is 0.487. The number of nitrogens with zero attached hydrogens (tertiary/aromatic N) is 2. The fourth-order valence-electron chi connectivity index (χ4n) is 5.64. The third-order valence-corrected chi connectivity index (χ3v) is 7.37. The maximum atomic E-state index is 6.02. The van der Waals surface area contributed by atoms with Crippen molar-refractivity contribution in [2.75, 3.05) is 0 Å². The summed E-state index contributed by atoms with van der Waals surface area (Å²) in [4.78, 5) is 9.52. The molecule has 2 aromatic carbocycles. The van der Waals surface area contributed by atoms with Gasteiger partial charge in [-0.1, -0.05) is 50.7 Å². The number of benzene rings is 2. The van der Waals surface area contributed by atoms with E-state index in [1.54, 1.807) is 0 Å². The van der Waals surface area contributed by atoms with E-state index in [0.717, 1.165) is 22.2 Å². The maximum absolute atomic E-state index is 6.02. The number of rotatable bonds is 4. The van der Waals surface area contributed by atoms with Crippen molar-refractivity contribution in [2.24, 2.45) is 0 Å². The molecular weight excluding hydrogens is 384 g/mol. The van der Waals surface area contributed by atoms with Crippen LogP contribution in [0, 0.1) is 0 Å². The average Bonchev–Trinajstić information content (AvgIpc) is 3.42. The highest BCUT2D eigenvalue weighted by Gasteiger charge is 2.19. The molecule has 2 aromatic heterocycles. The first-order valence-corrected chi connectivity index (χ1v) is 12.1. The van der Waals surface area contributed by atoms with Crippen LogP contribution in [0.4, 0.5) is 0 Å². The topological polar surface area (TPSA) is 52.1 Å². The minimum atomic E-state index is 0.487. The van der Waals surface area contributed by atoms with Gasteiger partial charge >= 0.3 is 0 Å². The lowest BCUT2D eigenvalue weighted by Gasteiger charge is -2.21. The highest BCUT2D eigenvalue weighted by molar-refractivity contribution is 5.74. The van der Waals surface area contributed by atoms with Crippen LogP contribution in [0.5, 0.6) is 0 Å². The smallest absolute Gasteiger partial charge is 0.204 e. The molecule has 0 amide bonds. The molecular formula is C27H30N2O2. The van der Waals surface area contributed by atoms with Gasteiger partial charge in [-0.25, -0.2) is 9.97 Å². The molecule has 0 N–H and O–H groups in total. The van der Waals surface area contributed by atoms with E-state index >= 15 is 0 Å². The van der Waals surface area contributed by atoms with Gasteiger partial charge in [-0.2, -0.15) is 0 Å².